The van der Waals surface area contributed by atoms with Gasteiger partial charge in [0.15, 0.2) is 0 Å². The molecule has 2 aliphatic carbocycles. The molecule has 1 atom stereocenters. The molecule has 5 rings (SSSR count). The molecule has 1 saturated heterocycles. The first kappa shape index (κ1) is 24.3. The van der Waals surface area contributed by atoms with E-state index < -0.39 is 0 Å². The Morgan fingerprint density at radius 2 is 1.97 bits per heavy atom. The lowest BCUT2D eigenvalue weighted by Gasteiger charge is -2.32. The zero-order valence-corrected chi connectivity index (χ0v) is 21.1. The molecular weight excluding hydrogens is 450 g/mol. The Morgan fingerprint density at radius 1 is 1.17 bits per heavy atom. The number of nitrogens with zero attached hydrogens (tertiary/aromatic N) is 5. The average molecular weight is 488 g/mol. The number of piperazine rings is 1. The lowest BCUT2D eigenvalue weighted by atomic mass is 9.97. The lowest BCUT2D eigenvalue weighted by Crippen LogP contribution is -2.50. The van der Waals surface area contributed by atoms with Crippen LogP contribution < -0.4 is 10.5 Å². The van der Waals surface area contributed by atoms with Gasteiger partial charge in [0.2, 0.25) is 5.96 Å². The van der Waals surface area contributed by atoms with Crippen LogP contribution in [0.3, 0.4) is 0 Å². The monoisotopic (exact) mass is 487 g/mol. The van der Waals surface area contributed by atoms with Gasteiger partial charge in [0.25, 0.3) is 0 Å². The van der Waals surface area contributed by atoms with Gasteiger partial charge in [-0.05, 0) is 63.8 Å². The number of guanidine groups is 1. The van der Waals surface area contributed by atoms with Crippen LogP contribution in [0.15, 0.2) is 70.7 Å². The van der Waals surface area contributed by atoms with E-state index in [1.807, 2.05) is 30.3 Å². The van der Waals surface area contributed by atoms with Gasteiger partial charge < -0.3 is 20.3 Å². The van der Waals surface area contributed by atoms with E-state index in [9.17, 15) is 0 Å². The van der Waals surface area contributed by atoms with Crippen LogP contribution in [0.4, 0.5) is 0 Å². The van der Waals surface area contributed by atoms with Crippen LogP contribution in [-0.2, 0) is 6.42 Å². The number of rotatable bonds is 7. The van der Waals surface area contributed by atoms with Gasteiger partial charge in [-0.15, -0.1) is 0 Å². The molecule has 3 N–H and O–H groups in total. The highest BCUT2D eigenvalue weighted by Crippen LogP contribution is 2.44. The number of nitrogens with one attached hydrogen (secondary N) is 1. The molecule has 2 fully saturated rings. The molecule has 0 bridgehead atoms. The third-order valence-electron chi connectivity index (χ3n) is 7.25. The van der Waals surface area contributed by atoms with Crippen molar-refractivity contribution in [2.75, 3.05) is 33.2 Å². The standard InChI is InChI=1S/C28H37N7O/c1-34-17-19-35(20-18-34)26(29)30-27(36-24-12-6-3-7-13-24)31-28(15-16-28)14-8-11-23-21-25(33-32-23)22-9-4-2-5-10-22/h2-7,9,12-13,21-22H,8,10-11,14-20H2,1H3,(H,32,33)(H2,29,30,31). The molecular formula is C28H37N7O. The molecule has 1 aromatic heterocycles. The van der Waals surface area contributed by atoms with Gasteiger partial charge in [-0.2, -0.15) is 10.1 Å². The number of hydrogen-bond donors (Lipinski definition) is 2. The predicted molar refractivity (Wildman–Crippen MR) is 144 cm³/mol. The molecule has 1 unspecified atom stereocenters. The van der Waals surface area contributed by atoms with Gasteiger partial charge in [0, 0.05) is 37.8 Å². The van der Waals surface area contributed by atoms with E-state index in [0.717, 1.165) is 76.1 Å². The van der Waals surface area contributed by atoms with E-state index in [1.54, 1.807) is 0 Å². The summed E-state index contributed by atoms with van der Waals surface area (Å²) in [5.41, 5.74) is 8.60. The maximum absolute atomic E-state index is 6.40. The maximum Gasteiger partial charge on any atom is 0.321 e. The first-order valence-corrected chi connectivity index (χ1v) is 13.1. The number of aromatic nitrogens is 2. The third kappa shape index (κ3) is 6.43. The van der Waals surface area contributed by atoms with Crippen LogP contribution >= 0.6 is 0 Å². The topological polar surface area (TPSA) is 95.1 Å². The van der Waals surface area contributed by atoms with Gasteiger partial charge >= 0.3 is 6.02 Å². The largest absolute Gasteiger partial charge is 0.424 e. The van der Waals surface area contributed by atoms with Crippen LogP contribution in [0.5, 0.6) is 5.75 Å². The van der Waals surface area contributed by atoms with Crippen molar-refractivity contribution in [1.82, 2.24) is 20.0 Å². The van der Waals surface area contributed by atoms with Crippen molar-refractivity contribution in [2.45, 2.75) is 50.0 Å². The van der Waals surface area contributed by atoms with Crippen LogP contribution in [0.25, 0.3) is 0 Å². The minimum absolute atomic E-state index is 0.115. The quantitative estimate of drug-likeness (QED) is 0.457. The number of ether oxygens (including phenoxy) is 1. The Balaban J connectivity index is 1.23. The van der Waals surface area contributed by atoms with Crippen LogP contribution in [0.2, 0.25) is 0 Å². The summed E-state index contributed by atoms with van der Waals surface area (Å²) < 4.78 is 6.13. The highest BCUT2D eigenvalue weighted by Gasteiger charge is 2.43. The van der Waals surface area contributed by atoms with Crippen LogP contribution in [-0.4, -0.2) is 70.7 Å². The number of aliphatic imine (C=N–C) groups is 2. The van der Waals surface area contributed by atoms with Gasteiger partial charge in [-0.3, -0.25) is 5.10 Å². The number of hydrogen-bond acceptors (Lipinski definition) is 4. The number of allylic oxidation sites excluding steroid dienone is 4. The molecule has 36 heavy (non-hydrogen) atoms. The number of nitrogens with two attached hydrogens (primary N) is 1. The summed E-state index contributed by atoms with van der Waals surface area (Å²) in [4.78, 5) is 14.1. The molecule has 8 nitrogen and oxygen atoms in total. The van der Waals surface area contributed by atoms with E-state index in [4.69, 9.17) is 15.5 Å². The molecule has 1 aromatic carbocycles. The van der Waals surface area contributed by atoms with E-state index >= 15 is 0 Å². The fourth-order valence-corrected chi connectivity index (χ4v) is 4.74. The Hall–Kier alpha value is -3.39. The summed E-state index contributed by atoms with van der Waals surface area (Å²) >= 11 is 0. The Labute approximate surface area is 213 Å². The van der Waals surface area contributed by atoms with Gasteiger partial charge in [0.1, 0.15) is 5.75 Å². The fourth-order valence-electron chi connectivity index (χ4n) is 4.74. The zero-order chi connectivity index (χ0) is 24.8. The Bertz CT molecular complexity index is 1120. The minimum Gasteiger partial charge on any atom is -0.424 e. The smallest absolute Gasteiger partial charge is 0.321 e. The lowest BCUT2D eigenvalue weighted by molar-refractivity contribution is 0.214. The van der Waals surface area contributed by atoms with E-state index in [2.05, 4.69) is 62.4 Å². The summed E-state index contributed by atoms with van der Waals surface area (Å²) in [7, 11) is 2.13. The molecule has 0 amide bonds. The molecule has 1 saturated carbocycles. The molecule has 3 aliphatic rings. The summed E-state index contributed by atoms with van der Waals surface area (Å²) in [6, 6.07) is 12.3. The number of H-pyrrole nitrogens is 1. The highest BCUT2D eigenvalue weighted by atomic mass is 16.5. The van der Waals surface area contributed by atoms with E-state index in [0.29, 0.717) is 17.9 Å². The van der Waals surface area contributed by atoms with Crippen molar-refractivity contribution >= 4 is 12.0 Å². The normalized spacial score (nSPS) is 22.1. The third-order valence-corrected chi connectivity index (χ3v) is 7.25. The minimum atomic E-state index is -0.115. The highest BCUT2D eigenvalue weighted by molar-refractivity contribution is 5.92. The van der Waals surface area contributed by atoms with Crippen molar-refractivity contribution in [3.8, 4) is 5.75 Å². The molecule has 8 heteroatoms. The van der Waals surface area contributed by atoms with Crippen molar-refractivity contribution in [3.63, 3.8) is 0 Å². The van der Waals surface area contributed by atoms with Crippen LogP contribution in [0.1, 0.15) is 49.4 Å². The summed E-state index contributed by atoms with van der Waals surface area (Å²) in [5, 5.41) is 7.78. The first-order chi connectivity index (χ1) is 17.6. The molecule has 0 spiro atoms. The van der Waals surface area contributed by atoms with Crippen molar-refractivity contribution in [1.29, 1.82) is 0 Å². The summed E-state index contributed by atoms with van der Waals surface area (Å²) in [6.07, 6.45) is 14.7. The first-order valence-electron chi connectivity index (χ1n) is 13.1. The molecule has 0 radical (unpaired) electrons. The van der Waals surface area contributed by atoms with Gasteiger partial charge in [-0.25, -0.2) is 4.99 Å². The molecule has 190 valence electrons. The van der Waals surface area contributed by atoms with Crippen molar-refractivity contribution in [2.24, 2.45) is 15.7 Å². The number of aromatic amines is 1. The number of para-hydroxylation sites is 1. The maximum atomic E-state index is 6.40. The Kier molecular flexibility index (Phi) is 7.51. The van der Waals surface area contributed by atoms with Crippen molar-refractivity contribution < 1.29 is 4.74 Å². The van der Waals surface area contributed by atoms with E-state index in [1.165, 1.54) is 5.69 Å². The number of benzene rings is 1. The second kappa shape index (κ2) is 11.1. The van der Waals surface area contributed by atoms with Crippen molar-refractivity contribution in [3.05, 3.63) is 72.1 Å². The summed E-state index contributed by atoms with van der Waals surface area (Å²) in [5.74, 6) is 1.57. The number of amidine groups is 1. The van der Waals surface area contributed by atoms with Crippen LogP contribution in [0, 0.1) is 0 Å². The fraction of sp³-hybridized carbons (Fsp3) is 0.464. The molecule has 2 aromatic rings. The molecule has 1 aliphatic heterocycles. The van der Waals surface area contributed by atoms with Gasteiger partial charge in [-0.1, -0.05) is 42.5 Å². The SMILES string of the molecule is CN1CCN(/C(N)=N/C(=NC2(CCCc3cc(C4C=CC=CC4)n[nH]3)CC2)Oc2ccccc2)CC1. The molecule has 2 heterocycles. The van der Waals surface area contributed by atoms with E-state index in [-0.39, 0.29) is 5.54 Å². The summed E-state index contributed by atoms with van der Waals surface area (Å²) in [6.45, 7) is 3.65. The predicted octanol–water partition coefficient (Wildman–Crippen LogP) is 3.86. The number of aryl methyl sites for hydroxylation is 1. The second-order valence-electron chi connectivity index (χ2n) is 10.1. The Morgan fingerprint density at radius 3 is 2.69 bits per heavy atom. The average Bonchev–Trinajstić information content (AvgIpc) is 3.49. The number of likely N-dealkylation sites (N-methyl/N-ethyl adjacent to an activating group) is 1. The zero-order valence-electron chi connectivity index (χ0n) is 21.1. The second-order valence-corrected chi connectivity index (χ2v) is 10.1. The van der Waals surface area contributed by atoms with Gasteiger partial charge in [0.05, 0.1) is 11.2 Å².